The molecule has 0 spiro atoms. The minimum Gasteiger partial charge on any atom is -0.494 e. The first-order valence-corrected chi connectivity index (χ1v) is 12.6. The lowest BCUT2D eigenvalue weighted by atomic mass is 9.83. The van der Waals surface area contributed by atoms with Crippen molar-refractivity contribution in [3.05, 3.63) is 94.8 Å². The van der Waals surface area contributed by atoms with E-state index in [1.807, 2.05) is 48.5 Å². The molecule has 194 valence electrons. The van der Waals surface area contributed by atoms with Crippen LogP contribution in [0, 0.1) is 5.92 Å². The summed E-state index contributed by atoms with van der Waals surface area (Å²) in [6.07, 6.45) is 3.70. The van der Waals surface area contributed by atoms with Gasteiger partial charge in [-0.3, -0.25) is 4.79 Å². The second-order valence-corrected chi connectivity index (χ2v) is 9.42. The normalized spacial score (nSPS) is 17.1. The number of nitrogens with one attached hydrogen (secondary N) is 1. The fraction of sp³-hybridized carbons (Fsp3) is 0.321. The Morgan fingerprint density at radius 2 is 1.81 bits per heavy atom. The molecule has 3 aromatic rings. The van der Waals surface area contributed by atoms with Crippen molar-refractivity contribution in [3.8, 4) is 5.88 Å². The third-order valence-electron chi connectivity index (χ3n) is 6.38. The van der Waals surface area contributed by atoms with Crippen LogP contribution in [-0.4, -0.2) is 32.8 Å². The molecule has 4 rings (SSSR count). The van der Waals surface area contributed by atoms with Crippen LogP contribution in [0.1, 0.15) is 47.3 Å². The van der Waals surface area contributed by atoms with Crippen LogP contribution < -0.4 is 10.1 Å². The molecule has 1 aliphatic rings. The van der Waals surface area contributed by atoms with Gasteiger partial charge in [0.05, 0.1) is 5.76 Å². The lowest BCUT2D eigenvalue weighted by Gasteiger charge is -2.33. The smallest absolute Gasteiger partial charge is 0.356 e. The highest BCUT2D eigenvalue weighted by atomic mass is 35.5. The first kappa shape index (κ1) is 26.3. The number of carboxylic acids is 1. The number of ether oxygens (including phenoxy) is 2. The van der Waals surface area contributed by atoms with Gasteiger partial charge in [0.2, 0.25) is 11.8 Å². The van der Waals surface area contributed by atoms with Gasteiger partial charge in [0.15, 0.2) is 5.69 Å². The summed E-state index contributed by atoms with van der Waals surface area (Å²) in [6.45, 7) is 4.49. The number of carboxylic acid groups (broad SMARTS) is 1. The van der Waals surface area contributed by atoms with E-state index in [1.54, 1.807) is 6.07 Å². The number of hydrogen-bond acceptors (Lipinski definition) is 5. The number of aromatic nitrogens is 2. The monoisotopic (exact) mass is 523 g/mol. The number of amides is 1. The molecule has 37 heavy (non-hydrogen) atoms. The molecular weight excluding hydrogens is 494 g/mol. The van der Waals surface area contributed by atoms with Crippen molar-refractivity contribution in [3.63, 3.8) is 0 Å². The van der Waals surface area contributed by atoms with Crippen LogP contribution in [0.15, 0.2) is 73.0 Å². The number of carbonyl (C=O) groups is 2. The number of halogens is 1. The molecule has 0 aliphatic heterocycles. The summed E-state index contributed by atoms with van der Waals surface area (Å²) < 4.78 is 13.0. The van der Waals surface area contributed by atoms with Crippen molar-refractivity contribution >= 4 is 23.5 Å². The second-order valence-electron chi connectivity index (χ2n) is 9.02. The predicted molar refractivity (Wildman–Crippen MR) is 139 cm³/mol. The van der Waals surface area contributed by atoms with Crippen LogP contribution >= 0.6 is 11.6 Å². The van der Waals surface area contributed by atoms with Crippen molar-refractivity contribution in [2.24, 2.45) is 5.92 Å². The molecule has 2 atom stereocenters. The Balaban J connectivity index is 1.39. The Kier molecular flexibility index (Phi) is 8.85. The van der Waals surface area contributed by atoms with Crippen molar-refractivity contribution < 1.29 is 24.2 Å². The average molecular weight is 524 g/mol. The van der Waals surface area contributed by atoms with Gasteiger partial charge < -0.3 is 19.9 Å². The van der Waals surface area contributed by atoms with E-state index >= 15 is 0 Å². The van der Waals surface area contributed by atoms with Gasteiger partial charge in [0, 0.05) is 28.6 Å². The van der Waals surface area contributed by atoms with Crippen LogP contribution in [0.25, 0.3) is 0 Å². The molecule has 0 unspecified atom stereocenters. The van der Waals surface area contributed by atoms with Crippen molar-refractivity contribution in [2.45, 2.75) is 51.5 Å². The van der Waals surface area contributed by atoms with E-state index in [0.29, 0.717) is 17.4 Å². The molecule has 2 aromatic carbocycles. The highest BCUT2D eigenvalue weighted by molar-refractivity contribution is 6.31. The van der Waals surface area contributed by atoms with Gasteiger partial charge in [0.25, 0.3) is 0 Å². The van der Waals surface area contributed by atoms with Crippen LogP contribution in [0.4, 0.5) is 0 Å². The minimum absolute atomic E-state index is 0.00967. The average Bonchev–Trinajstić information content (AvgIpc) is 3.30. The van der Waals surface area contributed by atoms with Crippen LogP contribution in [-0.2, 0) is 29.3 Å². The maximum Gasteiger partial charge on any atom is 0.356 e. The predicted octanol–water partition coefficient (Wildman–Crippen LogP) is 5.22. The Bertz CT molecular complexity index is 1240. The number of benzene rings is 2. The molecular formula is C28H30ClN3O5. The largest absolute Gasteiger partial charge is 0.494 e. The second kappa shape index (κ2) is 12.5. The molecule has 1 heterocycles. The fourth-order valence-corrected chi connectivity index (χ4v) is 4.63. The van der Waals surface area contributed by atoms with Crippen LogP contribution in [0.5, 0.6) is 5.88 Å². The van der Waals surface area contributed by atoms with Gasteiger partial charge in [-0.05, 0) is 24.5 Å². The van der Waals surface area contributed by atoms with E-state index in [0.717, 1.165) is 36.8 Å². The van der Waals surface area contributed by atoms with E-state index in [-0.39, 0.29) is 42.6 Å². The standard InChI is InChI=1S/C28H30ClN3O5/c1-19(36-17-20-9-3-2-4-10-20)22-12-6-8-14-24(22)30-26(33)16-32-27(15-25(31-32)28(34)35)37-18-21-11-5-7-13-23(21)29/h2-5,7,9-11,13,15,22,24H,1,6,8,12,14,16-18H2,(H,30,33)(H,34,35)/t22-,24+/m1/s1. The van der Waals surface area contributed by atoms with E-state index in [1.165, 1.54) is 10.7 Å². The lowest BCUT2D eigenvalue weighted by Crippen LogP contribution is -2.44. The Labute approximate surface area is 220 Å². The molecule has 2 N–H and O–H groups in total. The van der Waals surface area contributed by atoms with Gasteiger partial charge in [-0.2, -0.15) is 5.10 Å². The Morgan fingerprint density at radius 1 is 1.08 bits per heavy atom. The third-order valence-corrected chi connectivity index (χ3v) is 6.75. The minimum atomic E-state index is -1.21. The summed E-state index contributed by atoms with van der Waals surface area (Å²) in [5.74, 6) is -0.686. The Morgan fingerprint density at radius 3 is 2.57 bits per heavy atom. The van der Waals surface area contributed by atoms with Crippen molar-refractivity contribution in [2.75, 3.05) is 0 Å². The van der Waals surface area contributed by atoms with Crippen LogP contribution in [0.2, 0.25) is 5.02 Å². The summed E-state index contributed by atoms with van der Waals surface area (Å²) in [5, 5.41) is 17.1. The zero-order valence-electron chi connectivity index (χ0n) is 20.4. The van der Waals surface area contributed by atoms with Crippen molar-refractivity contribution in [1.29, 1.82) is 0 Å². The van der Waals surface area contributed by atoms with E-state index in [9.17, 15) is 14.7 Å². The van der Waals surface area contributed by atoms with E-state index < -0.39 is 5.97 Å². The summed E-state index contributed by atoms with van der Waals surface area (Å²) >= 11 is 6.20. The third kappa shape index (κ3) is 7.13. The lowest BCUT2D eigenvalue weighted by molar-refractivity contribution is -0.123. The Hall–Kier alpha value is -3.78. The summed E-state index contributed by atoms with van der Waals surface area (Å²) in [4.78, 5) is 24.5. The first-order valence-electron chi connectivity index (χ1n) is 12.2. The number of hydrogen-bond donors (Lipinski definition) is 2. The van der Waals surface area contributed by atoms with Crippen molar-refractivity contribution in [1.82, 2.24) is 15.1 Å². The summed E-state index contributed by atoms with van der Waals surface area (Å²) in [5.41, 5.74) is 1.58. The molecule has 0 saturated heterocycles. The molecule has 1 fully saturated rings. The number of nitrogens with zero attached hydrogens (tertiary/aromatic N) is 2. The number of rotatable bonds is 11. The molecule has 1 aromatic heterocycles. The van der Waals surface area contributed by atoms with Gasteiger partial charge in [0.1, 0.15) is 19.8 Å². The summed E-state index contributed by atoms with van der Waals surface area (Å²) in [7, 11) is 0. The van der Waals surface area contributed by atoms with Crippen LogP contribution in [0.3, 0.4) is 0 Å². The van der Waals surface area contributed by atoms with Gasteiger partial charge in [-0.1, -0.05) is 79.6 Å². The molecule has 1 aliphatic carbocycles. The topological polar surface area (TPSA) is 103 Å². The quantitative estimate of drug-likeness (QED) is 0.334. The van der Waals surface area contributed by atoms with E-state index in [2.05, 4.69) is 17.0 Å². The molecule has 0 bridgehead atoms. The highest BCUT2D eigenvalue weighted by Crippen LogP contribution is 2.31. The zero-order valence-corrected chi connectivity index (χ0v) is 21.2. The number of aromatic carboxylic acids is 1. The number of carbonyl (C=O) groups excluding carboxylic acids is 1. The molecule has 8 nitrogen and oxygen atoms in total. The SMILES string of the molecule is C=C(OCc1ccccc1)[C@H]1CCCC[C@@H]1NC(=O)Cn1nc(C(=O)O)cc1OCc1ccccc1Cl. The molecule has 0 radical (unpaired) electrons. The maximum absolute atomic E-state index is 13.0. The molecule has 9 heteroatoms. The highest BCUT2D eigenvalue weighted by Gasteiger charge is 2.30. The van der Waals surface area contributed by atoms with E-state index in [4.69, 9.17) is 21.1 Å². The van der Waals surface area contributed by atoms with Gasteiger partial charge in [-0.15, -0.1) is 0 Å². The first-order chi connectivity index (χ1) is 17.9. The zero-order chi connectivity index (χ0) is 26.2. The maximum atomic E-state index is 13.0. The summed E-state index contributed by atoms with van der Waals surface area (Å²) in [6, 6.07) is 18.2. The molecule has 1 amide bonds. The molecule has 1 saturated carbocycles. The van der Waals surface area contributed by atoms with Gasteiger partial charge >= 0.3 is 5.97 Å². The fourth-order valence-electron chi connectivity index (χ4n) is 4.44. The van der Waals surface area contributed by atoms with Gasteiger partial charge in [-0.25, -0.2) is 9.48 Å².